The number of nitrogens with zero attached hydrogens (tertiary/aromatic N) is 2. The topological polar surface area (TPSA) is 46.9 Å². The lowest BCUT2D eigenvalue weighted by molar-refractivity contribution is 0.0941. The maximum absolute atomic E-state index is 12.2. The number of carbonyl (C=O) groups is 1. The van der Waals surface area contributed by atoms with Crippen molar-refractivity contribution in [2.75, 3.05) is 0 Å². The Balaban J connectivity index is 2.38. The molecule has 4 nitrogen and oxygen atoms in total. The molecule has 0 bridgehead atoms. The van der Waals surface area contributed by atoms with Crippen LogP contribution >= 0.6 is 0 Å². The zero-order valence-electron chi connectivity index (χ0n) is 11.1. The Bertz CT molecular complexity index is 430. The van der Waals surface area contributed by atoms with E-state index in [4.69, 9.17) is 0 Å². The minimum atomic E-state index is 0.0341. The highest BCUT2D eigenvalue weighted by Gasteiger charge is 2.33. The van der Waals surface area contributed by atoms with E-state index in [0.717, 1.165) is 23.4 Å². The fourth-order valence-corrected chi connectivity index (χ4v) is 2.21. The van der Waals surface area contributed by atoms with E-state index in [-0.39, 0.29) is 11.9 Å². The number of aromatic nitrogens is 2. The highest BCUT2D eigenvalue weighted by atomic mass is 16.1. The van der Waals surface area contributed by atoms with Gasteiger partial charge in [-0.15, -0.1) is 0 Å². The van der Waals surface area contributed by atoms with Crippen LogP contribution in [0.2, 0.25) is 0 Å². The molecule has 0 atom stereocenters. The van der Waals surface area contributed by atoms with Crippen molar-refractivity contribution in [1.82, 2.24) is 15.1 Å². The van der Waals surface area contributed by atoms with Gasteiger partial charge in [0.2, 0.25) is 0 Å². The molecule has 0 spiro atoms. The maximum atomic E-state index is 12.2. The van der Waals surface area contributed by atoms with Crippen molar-refractivity contribution < 1.29 is 4.79 Å². The van der Waals surface area contributed by atoms with Crippen molar-refractivity contribution in [3.05, 3.63) is 17.0 Å². The molecule has 1 amide bonds. The summed E-state index contributed by atoms with van der Waals surface area (Å²) in [7, 11) is 1.93. The maximum Gasteiger partial charge on any atom is 0.255 e. The van der Waals surface area contributed by atoms with Crippen LogP contribution in [0, 0.1) is 0 Å². The molecular weight excluding hydrogens is 214 g/mol. The summed E-state index contributed by atoms with van der Waals surface area (Å²) < 4.78 is 1.86. The summed E-state index contributed by atoms with van der Waals surface area (Å²) in [6, 6.07) is 0.166. The van der Waals surface area contributed by atoms with E-state index in [2.05, 4.69) is 17.3 Å². The van der Waals surface area contributed by atoms with Gasteiger partial charge >= 0.3 is 0 Å². The lowest BCUT2D eigenvalue weighted by Crippen LogP contribution is -2.31. The van der Waals surface area contributed by atoms with Gasteiger partial charge in [0, 0.05) is 19.0 Å². The van der Waals surface area contributed by atoms with Gasteiger partial charge in [0.05, 0.1) is 17.0 Å². The summed E-state index contributed by atoms with van der Waals surface area (Å²) in [5.41, 5.74) is 2.87. The first-order valence-electron chi connectivity index (χ1n) is 6.41. The van der Waals surface area contributed by atoms with E-state index < -0.39 is 0 Å². The molecule has 1 saturated carbocycles. The Hall–Kier alpha value is -1.32. The molecule has 1 aromatic rings. The molecule has 0 aromatic carbocycles. The number of carbonyl (C=O) groups excluding carboxylic acids is 1. The lowest BCUT2D eigenvalue weighted by Gasteiger charge is -2.09. The van der Waals surface area contributed by atoms with Crippen LogP contribution in [0.15, 0.2) is 0 Å². The number of rotatable bonds is 4. The smallest absolute Gasteiger partial charge is 0.255 e. The van der Waals surface area contributed by atoms with Crippen molar-refractivity contribution in [3.63, 3.8) is 0 Å². The lowest BCUT2D eigenvalue weighted by atomic mass is 10.1. The Kier molecular flexibility index (Phi) is 3.22. The van der Waals surface area contributed by atoms with Gasteiger partial charge in [0.15, 0.2) is 0 Å². The fourth-order valence-electron chi connectivity index (χ4n) is 2.21. The molecule has 0 radical (unpaired) electrons. The summed E-state index contributed by atoms with van der Waals surface area (Å²) >= 11 is 0. The van der Waals surface area contributed by atoms with Gasteiger partial charge in [-0.1, -0.05) is 6.92 Å². The number of aryl methyl sites for hydroxylation is 1. The van der Waals surface area contributed by atoms with Crippen LogP contribution in [0.5, 0.6) is 0 Å². The van der Waals surface area contributed by atoms with Crippen LogP contribution in [0.25, 0.3) is 0 Å². The Morgan fingerprint density at radius 3 is 2.65 bits per heavy atom. The first kappa shape index (κ1) is 12.1. The zero-order valence-corrected chi connectivity index (χ0v) is 11.1. The molecule has 1 N–H and O–H groups in total. The first-order chi connectivity index (χ1) is 8.04. The highest BCUT2D eigenvalue weighted by molar-refractivity contribution is 5.97. The monoisotopic (exact) mass is 235 g/mol. The minimum Gasteiger partial charge on any atom is -0.350 e. The van der Waals surface area contributed by atoms with Crippen LogP contribution in [0.1, 0.15) is 61.3 Å². The number of nitrogens with one attached hydrogen (secondary N) is 1. The van der Waals surface area contributed by atoms with E-state index in [1.54, 1.807) is 0 Å². The van der Waals surface area contributed by atoms with Crippen molar-refractivity contribution in [2.45, 2.75) is 52.0 Å². The van der Waals surface area contributed by atoms with Gasteiger partial charge in [0.25, 0.3) is 5.91 Å². The van der Waals surface area contributed by atoms with E-state index in [9.17, 15) is 4.79 Å². The molecule has 1 heterocycles. The molecule has 0 saturated heterocycles. The summed E-state index contributed by atoms with van der Waals surface area (Å²) in [6.45, 7) is 6.03. The summed E-state index contributed by atoms with van der Waals surface area (Å²) in [5, 5.41) is 7.51. The van der Waals surface area contributed by atoms with Gasteiger partial charge in [-0.05, 0) is 33.1 Å². The van der Waals surface area contributed by atoms with Crippen molar-refractivity contribution in [1.29, 1.82) is 0 Å². The Morgan fingerprint density at radius 2 is 2.18 bits per heavy atom. The molecule has 17 heavy (non-hydrogen) atoms. The molecule has 1 aliphatic rings. The van der Waals surface area contributed by atoms with Gasteiger partial charge in [-0.25, -0.2) is 0 Å². The second-order valence-corrected chi connectivity index (χ2v) is 5.09. The third-order valence-corrected chi connectivity index (χ3v) is 3.14. The number of hydrogen-bond donors (Lipinski definition) is 1. The van der Waals surface area contributed by atoms with Crippen LogP contribution in [-0.4, -0.2) is 21.7 Å². The van der Waals surface area contributed by atoms with Crippen LogP contribution in [-0.2, 0) is 13.5 Å². The Morgan fingerprint density at radius 1 is 1.53 bits per heavy atom. The quantitative estimate of drug-likeness (QED) is 0.867. The summed E-state index contributed by atoms with van der Waals surface area (Å²) in [6.07, 6.45) is 3.18. The first-order valence-corrected chi connectivity index (χ1v) is 6.41. The average Bonchev–Trinajstić information content (AvgIpc) is 3.01. The molecule has 1 fully saturated rings. The van der Waals surface area contributed by atoms with E-state index >= 15 is 0 Å². The largest absolute Gasteiger partial charge is 0.350 e. The van der Waals surface area contributed by atoms with Crippen molar-refractivity contribution in [2.24, 2.45) is 7.05 Å². The van der Waals surface area contributed by atoms with Crippen LogP contribution in [0.4, 0.5) is 0 Å². The second-order valence-electron chi connectivity index (χ2n) is 5.09. The molecule has 1 aliphatic carbocycles. The molecule has 0 aliphatic heterocycles. The third kappa shape index (κ3) is 2.35. The van der Waals surface area contributed by atoms with Crippen molar-refractivity contribution in [3.8, 4) is 0 Å². The number of amides is 1. The van der Waals surface area contributed by atoms with Crippen LogP contribution in [0.3, 0.4) is 0 Å². The van der Waals surface area contributed by atoms with Crippen molar-refractivity contribution >= 4 is 5.91 Å². The molecule has 4 heteroatoms. The highest BCUT2D eigenvalue weighted by Crippen LogP contribution is 2.41. The summed E-state index contributed by atoms with van der Waals surface area (Å²) in [5.74, 6) is 0.543. The molecule has 0 unspecified atom stereocenters. The predicted octanol–water partition coefficient (Wildman–Crippen LogP) is 2.00. The van der Waals surface area contributed by atoms with Gasteiger partial charge < -0.3 is 5.32 Å². The van der Waals surface area contributed by atoms with Gasteiger partial charge in [-0.2, -0.15) is 5.10 Å². The Labute approximate surface area is 102 Å². The number of hydrogen-bond acceptors (Lipinski definition) is 2. The van der Waals surface area contributed by atoms with E-state index in [1.165, 1.54) is 12.8 Å². The molecule has 2 rings (SSSR count). The third-order valence-electron chi connectivity index (χ3n) is 3.14. The molecular formula is C13H21N3O. The predicted molar refractivity (Wildman–Crippen MR) is 67.2 cm³/mol. The van der Waals surface area contributed by atoms with E-state index in [1.807, 2.05) is 25.6 Å². The SMILES string of the molecule is CCc1c(C(=O)NC(C)C)c(C2CC2)nn1C. The van der Waals surface area contributed by atoms with E-state index in [0.29, 0.717) is 5.92 Å². The summed E-state index contributed by atoms with van der Waals surface area (Å²) in [4.78, 5) is 12.2. The molecule has 1 aromatic heterocycles. The van der Waals surface area contributed by atoms with Crippen LogP contribution < -0.4 is 5.32 Å². The average molecular weight is 235 g/mol. The van der Waals surface area contributed by atoms with Gasteiger partial charge in [0.1, 0.15) is 0 Å². The normalized spacial score (nSPS) is 15.4. The fraction of sp³-hybridized carbons (Fsp3) is 0.692. The zero-order chi connectivity index (χ0) is 12.6. The van der Waals surface area contributed by atoms with Gasteiger partial charge in [-0.3, -0.25) is 9.48 Å². The second kappa shape index (κ2) is 4.51. The molecule has 94 valence electrons. The minimum absolute atomic E-state index is 0.0341. The standard InChI is InChI=1S/C13H21N3O/c1-5-10-11(13(17)14-8(2)3)12(9-6-7-9)15-16(10)4/h8-9H,5-7H2,1-4H3,(H,14,17).